The average Bonchev–Trinajstić information content (AvgIpc) is 2.33. The van der Waals surface area contributed by atoms with Gasteiger partial charge in [-0.15, -0.1) is 0 Å². The fourth-order valence-electron chi connectivity index (χ4n) is 2.65. The summed E-state index contributed by atoms with van der Waals surface area (Å²) >= 11 is 0. The second kappa shape index (κ2) is 4.53. The maximum atomic E-state index is 9.78. The zero-order chi connectivity index (χ0) is 11.6. The van der Waals surface area contributed by atoms with E-state index in [-0.39, 0.29) is 18.1 Å². The minimum absolute atomic E-state index is 0.0381. The van der Waals surface area contributed by atoms with Crippen molar-refractivity contribution in [2.24, 2.45) is 5.73 Å². The van der Waals surface area contributed by atoms with E-state index in [2.05, 4.69) is 24.1 Å². The lowest BCUT2D eigenvalue weighted by Crippen LogP contribution is -2.59. The molecule has 3 N–H and O–H groups in total. The Hall–Kier alpha value is -0.900. The van der Waals surface area contributed by atoms with Gasteiger partial charge in [0.1, 0.15) is 0 Å². The molecule has 0 aliphatic carbocycles. The van der Waals surface area contributed by atoms with Gasteiger partial charge in [-0.25, -0.2) is 0 Å². The molecular weight excluding hydrogens is 200 g/mol. The monoisotopic (exact) mass is 220 g/mol. The number of likely N-dealkylation sites (tertiary alicyclic amines) is 1. The van der Waals surface area contributed by atoms with Crippen LogP contribution in [0, 0.1) is 0 Å². The number of likely N-dealkylation sites (N-methyl/N-ethyl adjacent to an activating group) is 1. The quantitative estimate of drug-likeness (QED) is 0.766. The first-order valence-corrected chi connectivity index (χ1v) is 5.79. The van der Waals surface area contributed by atoms with Crippen LogP contribution in [-0.4, -0.2) is 42.8 Å². The van der Waals surface area contributed by atoms with Crippen LogP contribution in [0.3, 0.4) is 0 Å². The number of benzene rings is 1. The number of hydrogen-bond donors (Lipinski definition) is 2. The van der Waals surface area contributed by atoms with Gasteiger partial charge in [0.25, 0.3) is 0 Å². The van der Waals surface area contributed by atoms with Gasteiger partial charge in [0, 0.05) is 18.0 Å². The summed E-state index contributed by atoms with van der Waals surface area (Å²) in [6.45, 7) is 1.95. The Labute approximate surface area is 96.9 Å². The van der Waals surface area contributed by atoms with Gasteiger partial charge in [0.05, 0.1) is 6.61 Å². The van der Waals surface area contributed by atoms with E-state index < -0.39 is 0 Å². The normalized spacial score (nSPS) is 31.6. The Morgan fingerprint density at radius 1 is 1.44 bits per heavy atom. The molecule has 1 aromatic rings. The Balaban J connectivity index is 2.37. The van der Waals surface area contributed by atoms with E-state index in [9.17, 15) is 5.11 Å². The van der Waals surface area contributed by atoms with Crippen LogP contribution in [0.2, 0.25) is 0 Å². The van der Waals surface area contributed by atoms with Crippen molar-refractivity contribution in [3.8, 4) is 0 Å². The zero-order valence-electron chi connectivity index (χ0n) is 9.76. The number of aliphatic hydroxyl groups excluding tert-OH is 1. The van der Waals surface area contributed by atoms with Crippen molar-refractivity contribution in [2.45, 2.75) is 17.9 Å². The van der Waals surface area contributed by atoms with E-state index in [4.69, 9.17) is 5.73 Å². The Kier molecular flexibility index (Phi) is 3.28. The van der Waals surface area contributed by atoms with Crippen LogP contribution in [0.15, 0.2) is 30.3 Å². The average molecular weight is 220 g/mol. The number of aliphatic hydroxyl groups is 1. The lowest BCUT2D eigenvalue weighted by Gasteiger charge is -2.45. The molecule has 2 rings (SSSR count). The van der Waals surface area contributed by atoms with Gasteiger partial charge < -0.3 is 15.7 Å². The van der Waals surface area contributed by atoms with Gasteiger partial charge in [-0.2, -0.15) is 0 Å². The highest BCUT2D eigenvalue weighted by Gasteiger charge is 2.41. The summed E-state index contributed by atoms with van der Waals surface area (Å²) in [5.41, 5.74) is 7.08. The zero-order valence-corrected chi connectivity index (χ0v) is 9.76. The summed E-state index contributed by atoms with van der Waals surface area (Å²) in [5.74, 6) is 0. The van der Waals surface area contributed by atoms with Gasteiger partial charge >= 0.3 is 0 Å². The molecule has 16 heavy (non-hydrogen) atoms. The molecule has 1 fully saturated rings. The highest BCUT2D eigenvalue weighted by atomic mass is 16.3. The van der Waals surface area contributed by atoms with Crippen molar-refractivity contribution in [1.29, 1.82) is 0 Å². The van der Waals surface area contributed by atoms with Crippen LogP contribution < -0.4 is 5.73 Å². The number of piperidine rings is 1. The molecule has 0 saturated carbocycles. The molecule has 1 aliphatic heterocycles. The second-order valence-corrected chi connectivity index (χ2v) is 4.81. The maximum absolute atomic E-state index is 9.78. The molecule has 1 aromatic carbocycles. The van der Waals surface area contributed by atoms with E-state index in [1.807, 2.05) is 18.2 Å². The Bertz CT molecular complexity index is 341. The van der Waals surface area contributed by atoms with Gasteiger partial charge in [0.2, 0.25) is 0 Å². The van der Waals surface area contributed by atoms with Crippen LogP contribution in [-0.2, 0) is 5.41 Å². The standard InChI is InChI=1S/C13H20N2O/c1-15-8-7-12(14)13(9-15,10-16)11-5-3-2-4-6-11/h2-6,12,16H,7-10,14H2,1H3. The minimum Gasteiger partial charge on any atom is -0.395 e. The van der Waals surface area contributed by atoms with Crippen LogP contribution in [0.25, 0.3) is 0 Å². The van der Waals surface area contributed by atoms with Crippen LogP contribution in [0.5, 0.6) is 0 Å². The van der Waals surface area contributed by atoms with E-state index in [1.54, 1.807) is 0 Å². The molecule has 0 amide bonds. The SMILES string of the molecule is CN1CCC(N)C(CO)(c2ccccc2)C1. The van der Waals surface area contributed by atoms with E-state index >= 15 is 0 Å². The van der Waals surface area contributed by atoms with Crippen molar-refractivity contribution < 1.29 is 5.11 Å². The topological polar surface area (TPSA) is 49.5 Å². The summed E-state index contributed by atoms with van der Waals surface area (Å²) in [4.78, 5) is 2.24. The first kappa shape index (κ1) is 11.6. The fourth-order valence-corrected chi connectivity index (χ4v) is 2.65. The molecule has 2 unspecified atom stereocenters. The Morgan fingerprint density at radius 3 is 2.75 bits per heavy atom. The molecule has 0 spiro atoms. The molecule has 3 heteroatoms. The smallest absolute Gasteiger partial charge is 0.0555 e. The van der Waals surface area contributed by atoms with Crippen LogP contribution >= 0.6 is 0 Å². The molecule has 1 aliphatic rings. The van der Waals surface area contributed by atoms with Crippen LogP contribution in [0.4, 0.5) is 0 Å². The van der Waals surface area contributed by atoms with Crippen molar-refractivity contribution in [2.75, 3.05) is 26.7 Å². The first-order chi connectivity index (χ1) is 7.69. The van der Waals surface area contributed by atoms with Crippen molar-refractivity contribution in [3.05, 3.63) is 35.9 Å². The summed E-state index contributed by atoms with van der Waals surface area (Å²) in [7, 11) is 2.08. The molecule has 0 aromatic heterocycles. The lowest BCUT2D eigenvalue weighted by molar-refractivity contribution is 0.0862. The molecule has 88 valence electrons. The number of rotatable bonds is 2. The molecule has 0 radical (unpaired) electrons. The van der Waals surface area contributed by atoms with Gasteiger partial charge in [0.15, 0.2) is 0 Å². The third-order valence-electron chi connectivity index (χ3n) is 3.71. The molecule has 1 heterocycles. The summed E-state index contributed by atoms with van der Waals surface area (Å²) in [5, 5.41) is 9.78. The maximum Gasteiger partial charge on any atom is 0.0555 e. The van der Waals surface area contributed by atoms with Crippen molar-refractivity contribution in [1.82, 2.24) is 4.90 Å². The predicted molar refractivity (Wildman–Crippen MR) is 65.3 cm³/mol. The van der Waals surface area contributed by atoms with Gasteiger partial charge in [-0.05, 0) is 25.6 Å². The van der Waals surface area contributed by atoms with Crippen molar-refractivity contribution in [3.63, 3.8) is 0 Å². The molecule has 0 bridgehead atoms. The van der Waals surface area contributed by atoms with Crippen molar-refractivity contribution >= 4 is 0 Å². The lowest BCUT2D eigenvalue weighted by atomic mass is 9.71. The van der Waals surface area contributed by atoms with E-state index in [0.29, 0.717) is 0 Å². The van der Waals surface area contributed by atoms with E-state index in [0.717, 1.165) is 25.1 Å². The third-order valence-corrected chi connectivity index (χ3v) is 3.71. The fraction of sp³-hybridized carbons (Fsp3) is 0.538. The largest absolute Gasteiger partial charge is 0.395 e. The number of nitrogens with zero attached hydrogens (tertiary/aromatic N) is 1. The predicted octanol–water partition coefficient (Wildman–Crippen LogP) is 0.580. The highest BCUT2D eigenvalue weighted by Crippen LogP contribution is 2.32. The number of nitrogens with two attached hydrogens (primary N) is 1. The Morgan fingerprint density at radius 2 is 2.12 bits per heavy atom. The molecule has 3 nitrogen and oxygen atoms in total. The summed E-state index contributed by atoms with van der Waals surface area (Å²) < 4.78 is 0. The van der Waals surface area contributed by atoms with Gasteiger partial charge in [-0.1, -0.05) is 30.3 Å². The van der Waals surface area contributed by atoms with Crippen LogP contribution in [0.1, 0.15) is 12.0 Å². The summed E-state index contributed by atoms with van der Waals surface area (Å²) in [6.07, 6.45) is 0.936. The summed E-state index contributed by atoms with van der Waals surface area (Å²) in [6, 6.07) is 10.2. The molecule has 1 saturated heterocycles. The van der Waals surface area contributed by atoms with E-state index in [1.165, 1.54) is 0 Å². The first-order valence-electron chi connectivity index (χ1n) is 5.79. The highest BCUT2D eigenvalue weighted by molar-refractivity contribution is 5.29. The molecular formula is C13H20N2O. The minimum atomic E-state index is -0.297. The number of hydrogen-bond acceptors (Lipinski definition) is 3. The second-order valence-electron chi connectivity index (χ2n) is 4.81. The van der Waals surface area contributed by atoms with Gasteiger partial charge in [-0.3, -0.25) is 0 Å². The third kappa shape index (κ3) is 1.86. The molecule has 2 atom stereocenters.